The van der Waals surface area contributed by atoms with E-state index in [1.54, 1.807) is 18.0 Å². The number of nitrogens with one attached hydrogen (secondary N) is 1. The van der Waals surface area contributed by atoms with Crippen molar-refractivity contribution in [3.05, 3.63) is 54.4 Å². The van der Waals surface area contributed by atoms with Gasteiger partial charge in [-0.2, -0.15) is 0 Å². The van der Waals surface area contributed by atoms with E-state index in [2.05, 4.69) is 46.9 Å². The van der Waals surface area contributed by atoms with Crippen molar-refractivity contribution < 1.29 is 0 Å². The summed E-state index contributed by atoms with van der Waals surface area (Å²) < 4.78 is 0. The zero-order chi connectivity index (χ0) is 11.9. The van der Waals surface area contributed by atoms with Gasteiger partial charge < -0.3 is 5.32 Å². The summed E-state index contributed by atoms with van der Waals surface area (Å²) in [5.41, 5.74) is 2.45. The predicted octanol–water partition coefficient (Wildman–Crippen LogP) is 3.46. The highest BCUT2D eigenvalue weighted by atomic mass is 32.2. The van der Waals surface area contributed by atoms with Gasteiger partial charge in [-0.1, -0.05) is 12.1 Å². The van der Waals surface area contributed by atoms with Crippen LogP contribution in [0, 0.1) is 0 Å². The molecule has 1 N–H and O–H groups in total. The normalized spacial score (nSPS) is 10.2. The van der Waals surface area contributed by atoms with Gasteiger partial charge in [0.05, 0.1) is 0 Å². The Morgan fingerprint density at radius 1 is 1.24 bits per heavy atom. The summed E-state index contributed by atoms with van der Waals surface area (Å²) >= 11 is 1.76. The Kier molecular flexibility index (Phi) is 4.45. The second-order valence-electron chi connectivity index (χ2n) is 3.77. The van der Waals surface area contributed by atoms with E-state index in [1.165, 1.54) is 16.1 Å². The highest BCUT2D eigenvalue weighted by molar-refractivity contribution is 7.98. The molecule has 0 aliphatic rings. The summed E-state index contributed by atoms with van der Waals surface area (Å²) in [6.45, 7) is 0.934. The number of hydrogen-bond donors (Lipinski definition) is 1. The lowest BCUT2D eigenvalue weighted by molar-refractivity contribution is 1.00. The number of nitrogens with zero attached hydrogens (tertiary/aromatic N) is 1. The van der Waals surface area contributed by atoms with Crippen LogP contribution < -0.4 is 5.32 Å². The van der Waals surface area contributed by atoms with Gasteiger partial charge in [-0.25, -0.2) is 0 Å². The van der Waals surface area contributed by atoms with Crippen LogP contribution in [0.1, 0.15) is 5.56 Å². The number of hydrogen-bond acceptors (Lipinski definition) is 3. The predicted molar refractivity (Wildman–Crippen MR) is 74.7 cm³/mol. The van der Waals surface area contributed by atoms with Crippen molar-refractivity contribution in [3.8, 4) is 0 Å². The third-order valence-corrected chi connectivity index (χ3v) is 3.26. The Hall–Kier alpha value is -1.48. The summed E-state index contributed by atoms with van der Waals surface area (Å²) in [6, 6.07) is 12.6. The molecule has 0 aliphatic heterocycles. The van der Waals surface area contributed by atoms with Gasteiger partial charge in [0.2, 0.25) is 0 Å². The van der Waals surface area contributed by atoms with Gasteiger partial charge in [0.1, 0.15) is 0 Å². The topological polar surface area (TPSA) is 24.9 Å². The van der Waals surface area contributed by atoms with E-state index in [-0.39, 0.29) is 0 Å². The molecule has 88 valence electrons. The molecule has 0 bridgehead atoms. The first kappa shape index (κ1) is 12.0. The summed E-state index contributed by atoms with van der Waals surface area (Å²) in [4.78, 5) is 5.39. The molecular formula is C14H16N2S. The fourth-order valence-electron chi connectivity index (χ4n) is 1.63. The Labute approximate surface area is 106 Å². The average molecular weight is 244 g/mol. The molecule has 0 atom stereocenters. The second kappa shape index (κ2) is 6.30. The maximum Gasteiger partial charge on any atom is 0.0351 e. The van der Waals surface area contributed by atoms with Gasteiger partial charge in [0, 0.05) is 29.5 Å². The van der Waals surface area contributed by atoms with Crippen LogP contribution in [0.2, 0.25) is 0 Å². The molecule has 2 nitrogen and oxygen atoms in total. The molecule has 0 amide bonds. The molecule has 0 radical (unpaired) electrons. The van der Waals surface area contributed by atoms with E-state index >= 15 is 0 Å². The van der Waals surface area contributed by atoms with Crippen LogP contribution in [0.4, 0.5) is 5.69 Å². The quantitative estimate of drug-likeness (QED) is 0.815. The van der Waals surface area contributed by atoms with E-state index in [4.69, 9.17) is 0 Å². The lowest BCUT2D eigenvalue weighted by Gasteiger charge is -2.07. The van der Waals surface area contributed by atoms with Gasteiger partial charge in [0.25, 0.3) is 0 Å². The van der Waals surface area contributed by atoms with Crippen LogP contribution in [0.25, 0.3) is 0 Å². The Morgan fingerprint density at radius 3 is 2.94 bits per heavy atom. The molecule has 2 rings (SSSR count). The van der Waals surface area contributed by atoms with Crippen molar-refractivity contribution in [2.24, 2.45) is 0 Å². The number of rotatable bonds is 5. The van der Waals surface area contributed by atoms with Crippen molar-refractivity contribution in [1.29, 1.82) is 0 Å². The molecule has 0 saturated carbocycles. The van der Waals surface area contributed by atoms with Gasteiger partial charge in [-0.15, -0.1) is 11.8 Å². The molecule has 0 aliphatic carbocycles. The van der Waals surface area contributed by atoms with Crippen LogP contribution >= 0.6 is 11.8 Å². The Morgan fingerprint density at radius 2 is 2.18 bits per heavy atom. The monoisotopic (exact) mass is 244 g/mol. The number of thioether (sulfide) groups is 1. The average Bonchev–Trinajstić information content (AvgIpc) is 2.40. The molecule has 0 fully saturated rings. The fraction of sp³-hybridized carbons (Fsp3) is 0.214. The Bertz CT molecular complexity index is 457. The number of pyridine rings is 1. The van der Waals surface area contributed by atoms with E-state index in [0.717, 1.165) is 13.0 Å². The SMILES string of the molecule is CSc1cccc(NCCc2cccnc2)c1. The lowest BCUT2D eigenvalue weighted by Crippen LogP contribution is -2.04. The highest BCUT2D eigenvalue weighted by Crippen LogP contribution is 2.18. The molecule has 3 heteroatoms. The zero-order valence-corrected chi connectivity index (χ0v) is 10.7. The summed E-state index contributed by atoms with van der Waals surface area (Å²) in [7, 11) is 0. The zero-order valence-electron chi connectivity index (χ0n) is 9.89. The first-order valence-corrected chi connectivity index (χ1v) is 6.88. The fourth-order valence-corrected chi connectivity index (χ4v) is 2.09. The maximum absolute atomic E-state index is 4.11. The van der Waals surface area contributed by atoms with Crippen LogP contribution in [-0.2, 0) is 6.42 Å². The van der Waals surface area contributed by atoms with Gasteiger partial charge in [-0.3, -0.25) is 4.98 Å². The molecule has 0 saturated heterocycles. The minimum Gasteiger partial charge on any atom is -0.385 e. The smallest absolute Gasteiger partial charge is 0.0351 e. The molecule has 1 aromatic carbocycles. The summed E-state index contributed by atoms with van der Waals surface area (Å²) in [5, 5.41) is 3.43. The summed E-state index contributed by atoms with van der Waals surface area (Å²) in [6.07, 6.45) is 6.81. The third-order valence-electron chi connectivity index (χ3n) is 2.54. The van der Waals surface area contributed by atoms with Crippen molar-refractivity contribution in [2.45, 2.75) is 11.3 Å². The standard InChI is InChI=1S/C14H16N2S/c1-17-14-6-2-5-13(10-14)16-9-7-12-4-3-8-15-11-12/h2-6,8,10-11,16H,7,9H2,1H3. The molecule has 2 aromatic rings. The molecular weight excluding hydrogens is 228 g/mol. The number of benzene rings is 1. The summed E-state index contributed by atoms with van der Waals surface area (Å²) in [5.74, 6) is 0. The molecule has 0 spiro atoms. The first-order valence-electron chi connectivity index (χ1n) is 5.65. The van der Waals surface area contributed by atoms with Crippen LogP contribution in [0.15, 0.2) is 53.7 Å². The molecule has 0 unspecified atom stereocenters. The highest BCUT2D eigenvalue weighted by Gasteiger charge is 1.95. The third kappa shape index (κ3) is 3.79. The van der Waals surface area contributed by atoms with Crippen LogP contribution in [0.5, 0.6) is 0 Å². The van der Waals surface area contributed by atoms with Gasteiger partial charge in [0.15, 0.2) is 0 Å². The minimum atomic E-state index is 0.934. The molecule has 1 heterocycles. The van der Waals surface area contributed by atoms with Gasteiger partial charge >= 0.3 is 0 Å². The largest absolute Gasteiger partial charge is 0.385 e. The van der Waals surface area contributed by atoms with E-state index in [1.807, 2.05) is 12.3 Å². The lowest BCUT2D eigenvalue weighted by atomic mass is 10.2. The van der Waals surface area contributed by atoms with Crippen LogP contribution in [0.3, 0.4) is 0 Å². The second-order valence-corrected chi connectivity index (χ2v) is 4.65. The number of anilines is 1. The first-order chi connectivity index (χ1) is 8.38. The Balaban J connectivity index is 1.86. The molecule has 17 heavy (non-hydrogen) atoms. The van der Waals surface area contributed by atoms with E-state index in [9.17, 15) is 0 Å². The van der Waals surface area contributed by atoms with Crippen LogP contribution in [-0.4, -0.2) is 17.8 Å². The van der Waals surface area contributed by atoms with Crippen molar-refractivity contribution in [1.82, 2.24) is 4.98 Å². The van der Waals surface area contributed by atoms with Crippen molar-refractivity contribution >= 4 is 17.4 Å². The van der Waals surface area contributed by atoms with Crippen molar-refractivity contribution in [3.63, 3.8) is 0 Å². The van der Waals surface area contributed by atoms with E-state index in [0.29, 0.717) is 0 Å². The molecule has 1 aromatic heterocycles. The van der Waals surface area contributed by atoms with Crippen molar-refractivity contribution in [2.75, 3.05) is 18.1 Å². The van der Waals surface area contributed by atoms with E-state index < -0.39 is 0 Å². The minimum absolute atomic E-state index is 0.934. The maximum atomic E-state index is 4.11. The number of aromatic nitrogens is 1. The van der Waals surface area contributed by atoms with Gasteiger partial charge in [-0.05, 0) is 42.5 Å².